The van der Waals surface area contributed by atoms with Crippen LogP contribution in [-0.4, -0.2) is 55.5 Å². The normalized spacial score (nSPS) is 17.2. The molecule has 4 heterocycles. The first-order chi connectivity index (χ1) is 12.1. The highest BCUT2D eigenvalue weighted by Gasteiger charge is 2.31. The van der Waals surface area contributed by atoms with Gasteiger partial charge in [-0.05, 0) is 25.0 Å². The van der Waals surface area contributed by atoms with E-state index in [9.17, 15) is 5.11 Å². The van der Waals surface area contributed by atoms with Crippen LogP contribution in [-0.2, 0) is 0 Å². The van der Waals surface area contributed by atoms with Crippen molar-refractivity contribution < 1.29 is 5.11 Å². The Bertz CT molecular complexity index is 904. The highest BCUT2D eigenvalue weighted by molar-refractivity contribution is 6.32. The Hall–Kier alpha value is -2.29. The van der Waals surface area contributed by atoms with Crippen molar-refractivity contribution in [2.45, 2.75) is 18.4 Å². The third-order valence-corrected chi connectivity index (χ3v) is 4.98. The molecule has 0 atom stereocenters. The van der Waals surface area contributed by atoms with Gasteiger partial charge in [0.2, 0.25) is 5.65 Å². The van der Waals surface area contributed by atoms with Crippen LogP contribution >= 0.6 is 11.6 Å². The van der Waals surface area contributed by atoms with E-state index in [2.05, 4.69) is 30.0 Å². The number of halogens is 1. The molecule has 0 aliphatic carbocycles. The quantitative estimate of drug-likeness (QED) is 0.604. The third-order valence-electron chi connectivity index (χ3n) is 4.68. The Morgan fingerprint density at radius 3 is 2.84 bits per heavy atom. The summed E-state index contributed by atoms with van der Waals surface area (Å²) in [7, 11) is 0. The highest BCUT2D eigenvalue weighted by atomic mass is 35.5. The summed E-state index contributed by atoms with van der Waals surface area (Å²) < 4.78 is 0. The van der Waals surface area contributed by atoms with Gasteiger partial charge in [-0.1, -0.05) is 11.6 Å². The minimum atomic E-state index is -0.773. The zero-order valence-electron chi connectivity index (χ0n) is 13.5. The smallest absolute Gasteiger partial charge is 0.202 e. The monoisotopic (exact) mass is 359 g/mol. The van der Waals surface area contributed by atoms with Gasteiger partial charge in [-0.25, -0.2) is 15.0 Å². The average molecular weight is 360 g/mol. The molecule has 0 aromatic carbocycles. The van der Waals surface area contributed by atoms with Crippen molar-refractivity contribution in [3.8, 4) is 11.3 Å². The molecule has 0 amide bonds. The fourth-order valence-electron chi connectivity index (χ4n) is 3.06. The summed E-state index contributed by atoms with van der Waals surface area (Å²) in [5.74, 6) is 0.738. The van der Waals surface area contributed by atoms with Crippen LogP contribution in [0.3, 0.4) is 0 Å². The number of anilines is 1. The standard InChI is InChI=1S/C16H18ClN7O/c17-14-10(2-1-5-19-14)12-13-15(23-22-12)21-11(8-20-13)24-6-3-16(25,9-18)4-7-24/h1-2,5,8,25H,3-4,6-7,9,18H2,(H,21,22,23). The Morgan fingerprint density at radius 1 is 1.32 bits per heavy atom. The molecule has 25 heavy (non-hydrogen) atoms. The average Bonchev–Trinajstić information content (AvgIpc) is 3.06. The van der Waals surface area contributed by atoms with E-state index in [1.54, 1.807) is 12.4 Å². The maximum absolute atomic E-state index is 10.2. The van der Waals surface area contributed by atoms with Gasteiger partial charge in [-0.15, -0.1) is 0 Å². The van der Waals surface area contributed by atoms with Crippen LogP contribution in [0, 0.1) is 0 Å². The van der Waals surface area contributed by atoms with Crippen LogP contribution in [0.4, 0.5) is 5.82 Å². The van der Waals surface area contributed by atoms with Crippen molar-refractivity contribution in [2.24, 2.45) is 5.73 Å². The molecule has 0 saturated carbocycles. The van der Waals surface area contributed by atoms with Crippen molar-refractivity contribution >= 4 is 28.6 Å². The lowest BCUT2D eigenvalue weighted by Gasteiger charge is -2.37. The summed E-state index contributed by atoms with van der Waals surface area (Å²) >= 11 is 6.16. The summed E-state index contributed by atoms with van der Waals surface area (Å²) in [5, 5.41) is 17.8. The van der Waals surface area contributed by atoms with E-state index in [1.165, 1.54) is 0 Å². The van der Waals surface area contributed by atoms with Gasteiger partial charge in [0.15, 0.2) is 0 Å². The predicted molar refractivity (Wildman–Crippen MR) is 95.4 cm³/mol. The first kappa shape index (κ1) is 16.2. The van der Waals surface area contributed by atoms with Crippen LogP contribution in [0.15, 0.2) is 24.5 Å². The zero-order valence-corrected chi connectivity index (χ0v) is 14.2. The molecule has 0 bridgehead atoms. The minimum Gasteiger partial charge on any atom is -0.388 e. The second-order valence-electron chi connectivity index (χ2n) is 6.26. The van der Waals surface area contributed by atoms with E-state index in [1.807, 2.05) is 12.1 Å². The molecule has 4 rings (SSSR count). The van der Waals surface area contributed by atoms with Crippen LogP contribution < -0.4 is 10.6 Å². The molecule has 3 aromatic heterocycles. The summed E-state index contributed by atoms with van der Waals surface area (Å²) in [6, 6.07) is 3.66. The van der Waals surface area contributed by atoms with Crippen LogP contribution in [0.1, 0.15) is 12.8 Å². The number of H-pyrrole nitrogens is 1. The third kappa shape index (κ3) is 2.92. The molecular weight excluding hydrogens is 342 g/mol. The number of pyridine rings is 1. The van der Waals surface area contributed by atoms with E-state index in [-0.39, 0.29) is 6.54 Å². The van der Waals surface area contributed by atoms with Gasteiger partial charge in [0, 0.05) is 31.4 Å². The first-order valence-corrected chi connectivity index (χ1v) is 8.47. The number of nitrogens with zero attached hydrogens (tertiary/aromatic N) is 5. The van der Waals surface area contributed by atoms with E-state index >= 15 is 0 Å². The van der Waals surface area contributed by atoms with Gasteiger partial charge in [-0.2, -0.15) is 5.10 Å². The van der Waals surface area contributed by atoms with Gasteiger partial charge in [-0.3, -0.25) is 5.10 Å². The molecule has 0 radical (unpaired) electrons. The summed E-state index contributed by atoms with van der Waals surface area (Å²) in [6.07, 6.45) is 4.58. The predicted octanol–water partition coefficient (Wildman–Crippen LogP) is 1.36. The molecule has 8 nitrogen and oxygen atoms in total. The SMILES string of the molecule is NCC1(O)CCN(c2cnc3c(-c4cccnc4Cl)[nH]nc3n2)CC1. The van der Waals surface area contributed by atoms with Gasteiger partial charge >= 0.3 is 0 Å². The Morgan fingerprint density at radius 2 is 2.12 bits per heavy atom. The lowest BCUT2D eigenvalue weighted by molar-refractivity contribution is 0.0249. The number of aliphatic hydroxyl groups is 1. The molecule has 1 aliphatic heterocycles. The number of fused-ring (bicyclic) bond motifs is 1. The number of aromatic amines is 1. The largest absolute Gasteiger partial charge is 0.388 e. The topological polar surface area (TPSA) is 117 Å². The van der Waals surface area contributed by atoms with Crippen molar-refractivity contribution in [3.63, 3.8) is 0 Å². The number of aromatic nitrogens is 5. The van der Waals surface area contributed by atoms with Gasteiger partial charge in [0.05, 0.1) is 17.5 Å². The van der Waals surface area contributed by atoms with E-state index in [4.69, 9.17) is 17.3 Å². The van der Waals surface area contributed by atoms with E-state index in [0.29, 0.717) is 47.9 Å². The van der Waals surface area contributed by atoms with Crippen molar-refractivity contribution in [2.75, 3.05) is 24.5 Å². The number of nitrogens with two attached hydrogens (primary N) is 1. The van der Waals surface area contributed by atoms with Crippen molar-refractivity contribution in [1.29, 1.82) is 0 Å². The number of piperidine rings is 1. The molecular formula is C16H18ClN7O. The fraction of sp³-hybridized carbons (Fsp3) is 0.375. The van der Waals surface area contributed by atoms with E-state index < -0.39 is 5.60 Å². The van der Waals surface area contributed by atoms with Gasteiger partial charge < -0.3 is 15.7 Å². The fourth-order valence-corrected chi connectivity index (χ4v) is 3.27. The van der Waals surface area contributed by atoms with Crippen LogP contribution in [0.25, 0.3) is 22.4 Å². The maximum atomic E-state index is 10.2. The summed E-state index contributed by atoms with van der Waals surface area (Å²) in [5.41, 5.74) is 7.47. The first-order valence-electron chi connectivity index (χ1n) is 8.09. The zero-order chi connectivity index (χ0) is 17.4. The number of hydrogen-bond acceptors (Lipinski definition) is 7. The van der Waals surface area contributed by atoms with Crippen LogP contribution in [0.5, 0.6) is 0 Å². The number of hydrogen-bond donors (Lipinski definition) is 3. The van der Waals surface area contributed by atoms with Crippen LogP contribution in [0.2, 0.25) is 5.15 Å². The molecule has 0 spiro atoms. The Kier molecular flexibility index (Phi) is 4.03. The Balaban J connectivity index is 1.64. The highest BCUT2D eigenvalue weighted by Crippen LogP contribution is 2.30. The second kappa shape index (κ2) is 6.21. The second-order valence-corrected chi connectivity index (χ2v) is 6.61. The lowest BCUT2D eigenvalue weighted by Crippen LogP contribution is -2.49. The van der Waals surface area contributed by atoms with Gasteiger partial charge in [0.1, 0.15) is 16.5 Å². The molecule has 3 aromatic rings. The van der Waals surface area contributed by atoms with Crippen molar-refractivity contribution in [1.82, 2.24) is 25.1 Å². The van der Waals surface area contributed by atoms with Crippen molar-refractivity contribution in [3.05, 3.63) is 29.7 Å². The van der Waals surface area contributed by atoms with Gasteiger partial charge in [0.25, 0.3) is 0 Å². The minimum absolute atomic E-state index is 0.278. The number of rotatable bonds is 3. The molecule has 9 heteroatoms. The maximum Gasteiger partial charge on any atom is 0.202 e. The molecule has 130 valence electrons. The van der Waals surface area contributed by atoms with E-state index in [0.717, 1.165) is 11.4 Å². The molecule has 1 aliphatic rings. The summed E-state index contributed by atoms with van der Waals surface area (Å²) in [4.78, 5) is 15.3. The Labute approximate surface area is 149 Å². The molecule has 1 saturated heterocycles. The summed E-state index contributed by atoms with van der Waals surface area (Å²) in [6.45, 7) is 1.64. The molecule has 4 N–H and O–H groups in total. The lowest BCUT2D eigenvalue weighted by atomic mass is 9.92. The number of nitrogens with one attached hydrogen (secondary N) is 1. The molecule has 0 unspecified atom stereocenters. The molecule has 1 fully saturated rings.